The van der Waals surface area contributed by atoms with Gasteiger partial charge in [-0.1, -0.05) is 6.07 Å². The standard InChI is InChI=1S/C16H26N2O3S/c1-12-7-8-15(11-13(12)2)22(20,21)17-9-10-18(14(3)19)16(4,5)6/h7-8,11,17H,9-10H2,1-6H3. The lowest BCUT2D eigenvalue weighted by Gasteiger charge is -2.35. The first-order chi connectivity index (χ1) is 9.95. The number of rotatable bonds is 5. The normalized spacial score (nSPS) is 12.3. The predicted octanol–water partition coefficient (Wildman–Crippen LogP) is 2.23. The van der Waals surface area contributed by atoms with Crippen LogP contribution in [0.4, 0.5) is 0 Å². The van der Waals surface area contributed by atoms with E-state index in [-0.39, 0.29) is 22.9 Å². The number of sulfonamides is 1. The van der Waals surface area contributed by atoms with Crippen LogP contribution in [0.15, 0.2) is 23.1 Å². The molecule has 0 saturated carbocycles. The Labute approximate surface area is 133 Å². The Bertz CT molecular complexity index is 646. The molecule has 0 spiro atoms. The summed E-state index contributed by atoms with van der Waals surface area (Å²) in [6.45, 7) is 11.6. The van der Waals surface area contributed by atoms with Crippen LogP contribution < -0.4 is 4.72 Å². The number of hydrogen-bond donors (Lipinski definition) is 1. The Morgan fingerprint density at radius 3 is 2.23 bits per heavy atom. The molecule has 0 fully saturated rings. The molecule has 1 N–H and O–H groups in total. The molecule has 1 rings (SSSR count). The second-order valence-electron chi connectivity index (χ2n) is 6.49. The third kappa shape index (κ3) is 4.81. The average Bonchev–Trinajstić information content (AvgIpc) is 2.35. The lowest BCUT2D eigenvalue weighted by atomic mass is 10.1. The maximum atomic E-state index is 12.3. The number of nitrogens with one attached hydrogen (secondary N) is 1. The van der Waals surface area contributed by atoms with Gasteiger partial charge in [-0.2, -0.15) is 0 Å². The lowest BCUT2D eigenvalue weighted by molar-refractivity contribution is -0.133. The smallest absolute Gasteiger partial charge is 0.240 e. The quantitative estimate of drug-likeness (QED) is 0.902. The summed E-state index contributed by atoms with van der Waals surface area (Å²) in [5.74, 6) is -0.0714. The van der Waals surface area contributed by atoms with Crippen LogP contribution in [0.5, 0.6) is 0 Å². The largest absolute Gasteiger partial charge is 0.337 e. The molecule has 0 atom stereocenters. The van der Waals surface area contributed by atoms with Gasteiger partial charge < -0.3 is 4.90 Å². The Kier molecular flexibility index (Phi) is 5.76. The maximum Gasteiger partial charge on any atom is 0.240 e. The molecule has 0 saturated heterocycles. The van der Waals surface area contributed by atoms with E-state index in [9.17, 15) is 13.2 Å². The molecule has 22 heavy (non-hydrogen) atoms. The molecule has 124 valence electrons. The summed E-state index contributed by atoms with van der Waals surface area (Å²) >= 11 is 0. The first-order valence-electron chi connectivity index (χ1n) is 7.30. The average molecular weight is 326 g/mol. The van der Waals surface area contributed by atoms with Crippen molar-refractivity contribution in [3.8, 4) is 0 Å². The summed E-state index contributed by atoms with van der Waals surface area (Å²) in [5, 5.41) is 0. The van der Waals surface area contributed by atoms with Crippen LogP contribution in [0.2, 0.25) is 0 Å². The van der Waals surface area contributed by atoms with Gasteiger partial charge in [0, 0.05) is 25.6 Å². The summed E-state index contributed by atoms with van der Waals surface area (Å²) in [4.78, 5) is 13.5. The fourth-order valence-electron chi connectivity index (χ4n) is 2.22. The van der Waals surface area contributed by atoms with Gasteiger partial charge in [0.15, 0.2) is 0 Å². The van der Waals surface area contributed by atoms with Gasteiger partial charge in [-0.25, -0.2) is 13.1 Å². The molecule has 0 aliphatic heterocycles. The molecular formula is C16H26N2O3S. The van der Waals surface area contributed by atoms with Crippen molar-refractivity contribution in [1.82, 2.24) is 9.62 Å². The number of carbonyl (C=O) groups is 1. The zero-order valence-corrected chi connectivity index (χ0v) is 15.0. The molecule has 1 amide bonds. The number of aryl methyl sites for hydroxylation is 2. The summed E-state index contributed by atoms with van der Waals surface area (Å²) in [7, 11) is -3.55. The SMILES string of the molecule is CC(=O)N(CCNS(=O)(=O)c1ccc(C)c(C)c1)C(C)(C)C. The number of benzene rings is 1. The van der Waals surface area contributed by atoms with Gasteiger partial charge in [0.1, 0.15) is 0 Å². The van der Waals surface area contributed by atoms with Gasteiger partial charge >= 0.3 is 0 Å². The third-order valence-corrected chi connectivity index (χ3v) is 5.06. The molecule has 1 aromatic rings. The fourth-order valence-corrected chi connectivity index (χ4v) is 3.33. The molecule has 0 radical (unpaired) electrons. The van der Waals surface area contributed by atoms with Crippen molar-refractivity contribution in [2.24, 2.45) is 0 Å². The van der Waals surface area contributed by atoms with Gasteiger partial charge in [-0.3, -0.25) is 4.79 Å². The van der Waals surface area contributed by atoms with Gasteiger partial charge in [0.25, 0.3) is 0 Å². The Morgan fingerprint density at radius 2 is 1.77 bits per heavy atom. The van der Waals surface area contributed by atoms with Crippen LogP contribution in [0.25, 0.3) is 0 Å². The molecule has 5 nitrogen and oxygen atoms in total. The van der Waals surface area contributed by atoms with Crippen molar-refractivity contribution in [2.75, 3.05) is 13.1 Å². The zero-order valence-electron chi connectivity index (χ0n) is 14.2. The third-order valence-electron chi connectivity index (χ3n) is 3.61. The number of carbonyl (C=O) groups excluding carboxylic acids is 1. The first kappa shape index (κ1) is 18.6. The minimum absolute atomic E-state index is 0.0714. The molecule has 0 bridgehead atoms. The van der Waals surface area contributed by atoms with E-state index in [0.717, 1.165) is 11.1 Å². The van der Waals surface area contributed by atoms with Gasteiger partial charge in [0.05, 0.1) is 4.90 Å². The number of hydrogen-bond acceptors (Lipinski definition) is 3. The molecule has 0 heterocycles. The summed E-state index contributed by atoms with van der Waals surface area (Å²) in [5.41, 5.74) is 1.65. The second-order valence-corrected chi connectivity index (χ2v) is 8.25. The Morgan fingerprint density at radius 1 is 1.18 bits per heavy atom. The highest BCUT2D eigenvalue weighted by Crippen LogP contribution is 2.15. The highest BCUT2D eigenvalue weighted by Gasteiger charge is 2.24. The van der Waals surface area contributed by atoms with Crippen molar-refractivity contribution in [1.29, 1.82) is 0 Å². The van der Waals surface area contributed by atoms with Crippen molar-refractivity contribution in [2.45, 2.75) is 52.0 Å². The van der Waals surface area contributed by atoms with Gasteiger partial charge in [0.2, 0.25) is 15.9 Å². The number of amides is 1. The topological polar surface area (TPSA) is 66.5 Å². The first-order valence-corrected chi connectivity index (χ1v) is 8.78. The maximum absolute atomic E-state index is 12.3. The van der Waals surface area contributed by atoms with Crippen molar-refractivity contribution < 1.29 is 13.2 Å². The molecule has 1 aromatic carbocycles. The monoisotopic (exact) mass is 326 g/mol. The Balaban J connectivity index is 2.78. The highest BCUT2D eigenvalue weighted by atomic mass is 32.2. The van der Waals surface area contributed by atoms with Gasteiger partial charge in [-0.05, 0) is 57.9 Å². The van der Waals surface area contributed by atoms with E-state index >= 15 is 0 Å². The highest BCUT2D eigenvalue weighted by molar-refractivity contribution is 7.89. The second kappa shape index (κ2) is 6.79. The molecule has 0 unspecified atom stereocenters. The molecule has 0 aromatic heterocycles. The number of nitrogens with zero attached hydrogens (tertiary/aromatic N) is 1. The van der Waals surface area contributed by atoms with Crippen LogP contribution in [-0.2, 0) is 14.8 Å². The lowest BCUT2D eigenvalue weighted by Crippen LogP contribution is -2.48. The van der Waals surface area contributed by atoms with Gasteiger partial charge in [-0.15, -0.1) is 0 Å². The predicted molar refractivity (Wildman–Crippen MR) is 88.2 cm³/mol. The van der Waals surface area contributed by atoms with Crippen LogP contribution in [0.1, 0.15) is 38.8 Å². The summed E-state index contributed by atoms with van der Waals surface area (Å²) in [6.07, 6.45) is 0. The van der Waals surface area contributed by atoms with E-state index in [1.165, 1.54) is 6.92 Å². The van der Waals surface area contributed by atoms with Crippen molar-refractivity contribution >= 4 is 15.9 Å². The van der Waals surface area contributed by atoms with E-state index < -0.39 is 10.0 Å². The van der Waals surface area contributed by atoms with Crippen molar-refractivity contribution in [3.05, 3.63) is 29.3 Å². The fraction of sp³-hybridized carbons (Fsp3) is 0.562. The molecular weight excluding hydrogens is 300 g/mol. The molecule has 0 aliphatic rings. The van der Waals surface area contributed by atoms with E-state index in [1.54, 1.807) is 23.1 Å². The van der Waals surface area contributed by atoms with Crippen LogP contribution in [0.3, 0.4) is 0 Å². The molecule has 6 heteroatoms. The van der Waals surface area contributed by atoms with Crippen molar-refractivity contribution in [3.63, 3.8) is 0 Å². The van der Waals surface area contributed by atoms with Crippen LogP contribution in [0, 0.1) is 13.8 Å². The van der Waals surface area contributed by atoms with E-state index in [0.29, 0.717) is 6.54 Å². The van der Waals surface area contributed by atoms with E-state index in [1.807, 2.05) is 34.6 Å². The summed E-state index contributed by atoms with van der Waals surface area (Å²) < 4.78 is 27.1. The minimum atomic E-state index is -3.55. The van der Waals surface area contributed by atoms with E-state index in [4.69, 9.17) is 0 Å². The zero-order chi connectivity index (χ0) is 17.1. The minimum Gasteiger partial charge on any atom is -0.337 e. The van der Waals surface area contributed by atoms with Crippen LogP contribution in [-0.4, -0.2) is 37.9 Å². The van der Waals surface area contributed by atoms with E-state index in [2.05, 4.69) is 4.72 Å². The Hall–Kier alpha value is -1.40. The molecule has 0 aliphatic carbocycles. The van der Waals surface area contributed by atoms with Crippen LogP contribution >= 0.6 is 0 Å². The summed E-state index contributed by atoms with van der Waals surface area (Å²) in [6, 6.07) is 5.04.